The van der Waals surface area contributed by atoms with E-state index in [0.717, 1.165) is 16.2 Å². The highest BCUT2D eigenvalue weighted by Gasteiger charge is 2.24. The molecule has 0 amide bonds. The molecule has 2 nitrogen and oxygen atoms in total. The summed E-state index contributed by atoms with van der Waals surface area (Å²) in [5.41, 5.74) is 0. The summed E-state index contributed by atoms with van der Waals surface area (Å²) in [7, 11) is 0. The van der Waals surface area contributed by atoms with Crippen LogP contribution in [0.2, 0.25) is 5.02 Å². The quantitative estimate of drug-likeness (QED) is 0.859. The van der Waals surface area contributed by atoms with Gasteiger partial charge in [0, 0.05) is 12.2 Å². The summed E-state index contributed by atoms with van der Waals surface area (Å²) in [5.74, 6) is 1.69. The zero-order valence-corrected chi connectivity index (χ0v) is 12.4. The molecule has 2 unspecified atom stereocenters. The fourth-order valence-corrected chi connectivity index (χ4v) is 3.34. The van der Waals surface area contributed by atoms with Gasteiger partial charge >= 0.3 is 0 Å². The highest BCUT2D eigenvalue weighted by molar-refractivity contribution is 9.10. The fraction of sp³-hybridized carbons (Fsp3) is 0.615. The average Bonchev–Trinajstić information content (AvgIpc) is 2.33. The summed E-state index contributed by atoms with van der Waals surface area (Å²) in [5, 5.41) is 4.23. The standard InChI is InChI=1S/C13H18BrClN2/c1-2-9-5-3-4-6-12(9)17-13-11(14)7-10(15)8-16-13/h7-9,12H,2-6H2,1H3,(H,16,17). The molecule has 1 aliphatic rings. The van der Waals surface area contributed by atoms with Crippen LogP contribution in [-0.2, 0) is 0 Å². The van der Waals surface area contributed by atoms with Crippen LogP contribution in [0.1, 0.15) is 39.0 Å². The molecule has 0 radical (unpaired) electrons. The van der Waals surface area contributed by atoms with Crippen LogP contribution >= 0.6 is 27.5 Å². The van der Waals surface area contributed by atoms with Crippen molar-refractivity contribution < 1.29 is 0 Å². The van der Waals surface area contributed by atoms with E-state index in [1.54, 1.807) is 6.20 Å². The molecule has 1 aliphatic carbocycles. The minimum atomic E-state index is 0.554. The van der Waals surface area contributed by atoms with Crippen molar-refractivity contribution in [1.82, 2.24) is 4.98 Å². The van der Waals surface area contributed by atoms with Crippen LogP contribution in [0, 0.1) is 5.92 Å². The first kappa shape index (κ1) is 13.2. The first-order chi connectivity index (χ1) is 8.20. The number of pyridine rings is 1. The minimum absolute atomic E-state index is 0.554. The maximum absolute atomic E-state index is 5.90. The van der Waals surface area contributed by atoms with Crippen LogP contribution in [0.15, 0.2) is 16.7 Å². The molecule has 1 heterocycles. The molecule has 0 spiro atoms. The first-order valence-electron chi connectivity index (χ1n) is 6.28. The van der Waals surface area contributed by atoms with Crippen LogP contribution in [0.3, 0.4) is 0 Å². The van der Waals surface area contributed by atoms with E-state index in [2.05, 4.69) is 33.2 Å². The Morgan fingerprint density at radius 2 is 2.24 bits per heavy atom. The highest BCUT2D eigenvalue weighted by Crippen LogP contribution is 2.31. The van der Waals surface area contributed by atoms with Crippen LogP contribution in [0.25, 0.3) is 0 Å². The Bertz CT molecular complexity index is 384. The van der Waals surface area contributed by atoms with Gasteiger partial charge in [-0.25, -0.2) is 4.98 Å². The number of anilines is 1. The monoisotopic (exact) mass is 316 g/mol. The van der Waals surface area contributed by atoms with Gasteiger partial charge in [-0.05, 0) is 40.8 Å². The Morgan fingerprint density at radius 3 is 2.94 bits per heavy atom. The Balaban J connectivity index is 2.08. The van der Waals surface area contributed by atoms with Gasteiger partial charge in [-0.1, -0.05) is 37.8 Å². The van der Waals surface area contributed by atoms with E-state index in [1.807, 2.05) is 6.07 Å². The molecule has 1 aromatic heterocycles. The van der Waals surface area contributed by atoms with E-state index in [4.69, 9.17) is 11.6 Å². The lowest BCUT2D eigenvalue weighted by Crippen LogP contribution is -2.32. The number of aromatic nitrogens is 1. The molecule has 1 saturated carbocycles. The van der Waals surface area contributed by atoms with Crippen molar-refractivity contribution in [2.24, 2.45) is 5.92 Å². The Hall–Kier alpha value is -0.280. The van der Waals surface area contributed by atoms with Gasteiger partial charge in [-0.15, -0.1) is 0 Å². The van der Waals surface area contributed by atoms with E-state index in [9.17, 15) is 0 Å². The molecule has 1 N–H and O–H groups in total. The molecule has 2 rings (SSSR count). The predicted octanol–water partition coefficient (Wildman–Crippen LogP) is 4.88. The lowest BCUT2D eigenvalue weighted by molar-refractivity contribution is 0.316. The molecule has 17 heavy (non-hydrogen) atoms. The molecule has 4 heteroatoms. The van der Waals surface area contributed by atoms with Gasteiger partial charge in [0.25, 0.3) is 0 Å². The lowest BCUT2D eigenvalue weighted by Gasteiger charge is -2.32. The van der Waals surface area contributed by atoms with E-state index in [-0.39, 0.29) is 0 Å². The fourth-order valence-electron chi connectivity index (χ4n) is 2.58. The van der Waals surface area contributed by atoms with Crippen molar-refractivity contribution in [1.29, 1.82) is 0 Å². The zero-order chi connectivity index (χ0) is 12.3. The van der Waals surface area contributed by atoms with Gasteiger partial charge < -0.3 is 5.32 Å². The SMILES string of the molecule is CCC1CCCCC1Nc1ncc(Cl)cc1Br. The number of rotatable bonds is 3. The molecular weight excluding hydrogens is 300 g/mol. The molecule has 0 saturated heterocycles. The summed E-state index contributed by atoms with van der Waals surface area (Å²) >= 11 is 9.40. The minimum Gasteiger partial charge on any atom is -0.366 e. The Morgan fingerprint density at radius 1 is 1.47 bits per heavy atom. The summed E-state index contributed by atoms with van der Waals surface area (Å²) < 4.78 is 0.949. The molecule has 0 aliphatic heterocycles. The molecule has 2 atom stereocenters. The second kappa shape index (κ2) is 6.05. The van der Waals surface area contributed by atoms with Crippen LogP contribution in [-0.4, -0.2) is 11.0 Å². The predicted molar refractivity (Wildman–Crippen MR) is 76.6 cm³/mol. The van der Waals surface area contributed by atoms with Crippen molar-refractivity contribution in [3.8, 4) is 0 Å². The third kappa shape index (κ3) is 3.35. The normalized spacial score (nSPS) is 24.6. The van der Waals surface area contributed by atoms with Gasteiger partial charge in [-0.3, -0.25) is 0 Å². The lowest BCUT2D eigenvalue weighted by atomic mass is 9.83. The first-order valence-corrected chi connectivity index (χ1v) is 7.45. The topological polar surface area (TPSA) is 24.9 Å². The van der Waals surface area contributed by atoms with Crippen molar-refractivity contribution in [3.63, 3.8) is 0 Å². The van der Waals surface area contributed by atoms with Gasteiger partial charge in [-0.2, -0.15) is 0 Å². The third-order valence-electron chi connectivity index (χ3n) is 3.56. The number of hydrogen-bond acceptors (Lipinski definition) is 2. The van der Waals surface area contributed by atoms with Crippen LogP contribution in [0.4, 0.5) is 5.82 Å². The van der Waals surface area contributed by atoms with Crippen molar-refractivity contribution in [2.75, 3.05) is 5.32 Å². The van der Waals surface area contributed by atoms with Gasteiger partial charge in [0.05, 0.1) is 9.50 Å². The average molecular weight is 318 g/mol. The largest absolute Gasteiger partial charge is 0.366 e. The number of halogens is 2. The van der Waals surface area contributed by atoms with Crippen LogP contribution < -0.4 is 5.32 Å². The molecule has 0 aromatic carbocycles. The molecule has 94 valence electrons. The van der Waals surface area contributed by atoms with E-state index < -0.39 is 0 Å². The third-order valence-corrected chi connectivity index (χ3v) is 4.37. The number of hydrogen-bond donors (Lipinski definition) is 1. The maximum atomic E-state index is 5.90. The smallest absolute Gasteiger partial charge is 0.140 e. The van der Waals surface area contributed by atoms with Crippen molar-refractivity contribution in [2.45, 2.75) is 45.1 Å². The summed E-state index contributed by atoms with van der Waals surface area (Å²) in [4.78, 5) is 4.35. The van der Waals surface area contributed by atoms with E-state index in [0.29, 0.717) is 11.1 Å². The van der Waals surface area contributed by atoms with E-state index >= 15 is 0 Å². The second-order valence-corrected chi connectivity index (χ2v) is 5.98. The summed E-state index contributed by atoms with van der Waals surface area (Å²) in [6.45, 7) is 2.27. The van der Waals surface area contributed by atoms with Gasteiger partial charge in [0.2, 0.25) is 0 Å². The Kier molecular flexibility index (Phi) is 4.69. The molecular formula is C13H18BrClN2. The summed E-state index contributed by atoms with van der Waals surface area (Å²) in [6.07, 6.45) is 8.20. The number of nitrogens with zero attached hydrogens (tertiary/aromatic N) is 1. The Labute approximate surface area is 116 Å². The van der Waals surface area contributed by atoms with Crippen molar-refractivity contribution >= 4 is 33.3 Å². The van der Waals surface area contributed by atoms with Gasteiger partial charge in [0.1, 0.15) is 5.82 Å². The molecule has 1 aromatic rings. The molecule has 1 fully saturated rings. The molecule has 0 bridgehead atoms. The van der Waals surface area contributed by atoms with E-state index in [1.165, 1.54) is 32.1 Å². The van der Waals surface area contributed by atoms with Crippen LogP contribution in [0.5, 0.6) is 0 Å². The highest BCUT2D eigenvalue weighted by atomic mass is 79.9. The van der Waals surface area contributed by atoms with Crippen molar-refractivity contribution in [3.05, 3.63) is 21.8 Å². The summed E-state index contributed by atoms with van der Waals surface area (Å²) in [6, 6.07) is 2.44. The zero-order valence-electron chi connectivity index (χ0n) is 10.0. The second-order valence-electron chi connectivity index (χ2n) is 4.69. The van der Waals surface area contributed by atoms with Gasteiger partial charge in [0.15, 0.2) is 0 Å². The maximum Gasteiger partial charge on any atom is 0.140 e. The number of nitrogens with one attached hydrogen (secondary N) is 1.